The van der Waals surface area contributed by atoms with E-state index in [2.05, 4.69) is 79.7 Å². The molecule has 0 spiro atoms. The number of hydrogen-bond donors (Lipinski definition) is 7. The first-order chi connectivity index (χ1) is 25.2. The number of methoxy groups -OCH3 is 2. The third-order valence-electron chi connectivity index (χ3n) is 10.9. The number of H-pyrrole nitrogens is 4. The second kappa shape index (κ2) is 15.5. The predicted molar refractivity (Wildman–Crippen MR) is 208 cm³/mol. The zero-order chi connectivity index (χ0) is 37.3. The lowest BCUT2D eigenvalue weighted by molar-refractivity contribution is 0.279. The van der Waals surface area contributed by atoms with Gasteiger partial charge in [-0.05, 0) is 127 Å². The van der Waals surface area contributed by atoms with Crippen LogP contribution in [0.3, 0.4) is 0 Å². The van der Waals surface area contributed by atoms with E-state index in [1.54, 1.807) is 14.2 Å². The van der Waals surface area contributed by atoms with Crippen molar-refractivity contribution in [3.63, 3.8) is 0 Å². The summed E-state index contributed by atoms with van der Waals surface area (Å²) in [6.07, 6.45) is 10.7. The number of aromatic amines is 4. The molecule has 0 amide bonds. The number of fused-ring (bicyclic) bond motifs is 8. The van der Waals surface area contributed by atoms with Gasteiger partial charge in [0.1, 0.15) is 11.5 Å². The van der Waals surface area contributed by atoms with Crippen molar-refractivity contribution in [2.24, 2.45) is 0 Å². The van der Waals surface area contributed by atoms with E-state index in [1.165, 1.54) is 22.3 Å². The molecule has 0 fully saturated rings. The molecule has 5 aromatic rings. The fourth-order valence-electron chi connectivity index (χ4n) is 8.36. The SMILES string of the molecule is CCc1c2[nH]c(c1CC)C(c1c(CO)cc(OC)cc1OC)=c1[nH]c(c(CC)c1CC)=Cc1[nH]c(c(CCO)c1C)C=c1[nH]c(c(C)c1CCO)=C2. The van der Waals surface area contributed by atoms with Crippen LogP contribution >= 0.6 is 0 Å². The summed E-state index contributed by atoms with van der Waals surface area (Å²) < 4.78 is 11.8. The number of aliphatic hydroxyl groups excluding tert-OH is 3. The summed E-state index contributed by atoms with van der Waals surface area (Å²) in [4.78, 5) is 15.2. The Morgan fingerprint density at radius 3 is 1.81 bits per heavy atom. The molecule has 9 heteroatoms. The van der Waals surface area contributed by atoms with Crippen molar-refractivity contribution < 1.29 is 24.8 Å². The second-order valence-corrected chi connectivity index (χ2v) is 13.5. The van der Waals surface area contributed by atoms with E-state index in [0.29, 0.717) is 29.9 Å². The molecule has 7 N–H and O–H groups in total. The number of ether oxygens (including phenoxy) is 2. The van der Waals surface area contributed by atoms with Crippen LogP contribution in [0.4, 0.5) is 0 Å². The van der Waals surface area contributed by atoms with Crippen LogP contribution in [0, 0.1) is 13.8 Å². The van der Waals surface area contributed by atoms with E-state index in [9.17, 15) is 15.3 Å². The zero-order valence-electron chi connectivity index (χ0n) is 31.9. The van der Waals surface area contributed by atoms with Crippen LogP contribution in [0.2, 0.25) is 0 Å². The number of aliphatic hydroxyl groups is 3. The van der Waals surface area contributed by atoms with E-state index in [4.69, 9.17) is 9.47 Å². The maximum atomic E-state index is 10.9. The van der Waals surface area contributed by atoms with Crippen LogP contribution in [0.25, 0.3) is 23.8 Å². The summed E-state index contributed by atoms with van der Waals surface area (Å²) in [5.74, 6) is 1.22. The van der Waals surface area contributed by atoms with E-state index < -0.39 is 0 Å². The highest BCUT2D eigenvalue weighted by Gasteiger charge is 2.26. The van der Waals surface area contributed by atoms with E-state index in [1.807, 2.05) is 12.1 Å². The summed E-state index contributed by atoms with van der Waals surface area (Å²) >= 11 is 0. The molecule has 276 valence electrons. The molecule has 0 aliphatic carbocycles. The highest BCUT2D eigenvalue weighted by atomic mass is 16.5. The molecule has 0 radical (unpaired) electrons. The summed E-state index contributed by atoms with van der Waals surface area (Å²) in [5.41, 5.74) is 15.5. The smallest absolute Gasteiger partial charge is 0.130 e. The summed E-state index contributed by atoms with van der Waals surface area (Å²) in [6.45, 7) is 12.8. The average Bonchev–Trinajstić information content (AvgIpc) is 3.86. The van der Waals surface area contributed by atoms with Gasteiger partial charge in [-0.2, -0.15) is 0 Å². The quantitative estimate of drug-likeness (QED) is 0.104. The van der Waals surface area contributed by atoms with Crippen LogP contribution in [0.15, 0.2) is 12.1 Å². The minimum absolute atomic E-state index is 0.0296. The van der Waals surface area contributed by atoms with E-state index >= 15 is 0 Å². The Hall–Kier alpha value is -4.70. The van der Waals surface area contributed by atoms with Gasteiger partial charge in [0.25, 0.3) is 0 Å². The van der Waals surface area contributed by atoms with Gasteiger partial charge in [0.2, 0.25) is 0 Å². The predicted octanol–water partition coefficient (Wildman–Crippen LogP) is 3.49. The number of hydrogen-bond acceptors (Lipinski definition) is 5. The summed E-state index contributed by atoms with van der Waals surface area (Å²) in [6, 6.07) is 3.78. The van der Waals surface area contributed by atoms with Gasteiger partial charge in [-0.1, -0.05) is 27.7 Å². The molecular weight excluding hydrogens is 652 g/mol. The monoisotopic (exact) mass is 706 g/mol. The van der Waals surface area contributed by atoms with Crippen LogP contribution in [0.1, 0.15) is 106 Å². The normalized spacial score (nSPS) is 12.5. The maximum absolute atomic E-state index is 10.9. The Kier molecular flexibility index (Phi) is 11.0. The molecule has 1 aliphatic rings. The first-order valence-corrected chi connectivity index (χ1v) is 18.6. The Bertz CT molecular complexity index is 2340. The van der Waals surface area contributed by atoms with Crippen molar-refractivity contribution in [3.8, 4) is 11.5 Å². The molecule has 1 aliphatic heterocycles. The lowest BCUT2D eigenvalue weighted by Crippen LogP contribution is -2.20. The number of rotatable bonds is 12. The molecule has 0 atom stereocenters. The van der Waals surface area contributed by atoms with Gasteiger partial charge in [-0.25, -0.2) is 0 Å². The topological polar surface area (TPSA) is 142 Å². The first kappa shape index (κ1) is 37.1. The minimum Gasteiger partial charge on any atom is -0.497 e. The second-order valence-electron chi connectivity index (χ2n) is 13.5. The third-order valence-corrected chi connectivity index (χ3v) is 10.9. The molecule has 8 bridgehead atoms. The molecular formula is C43H54N4O5. The highest BCUT2D eigenvalue weighted by Crippen LogP contribution is 2.39. The van der Waals surface area contributed by atoms with Crippen LogP contribution in [-0.4, -0.2) is 62.7 Å². The molecule has 6 rings (SSSR count). The zero-order valence-corrected chi connectivity index (χ0v) is 31.9. The molecule has 4 aromatic heterocycles. The van der Waals surface area contributed by atoms with Gasteiger partial charge in [-0.15, -0.1) is 0 Å². The lowest BCUT2D eigenvalue weighted by Gasteiger charge is -2.19. The Labute approximate surface area is 305 Å². The van der Waals surface area contributed by atoms with E-state index in [-0.39, 0.29) is 19.8 Å². The van der Waals surface area contributed by atoms with Gasteiger partial charge in [0, 0.05) is 63.5 Å². The largest absolute Gasteiger partial charge is 0.497 e. The van der Waals surface area contributed by atoms with Gasteiger partial charge in [0.15, 0.2) is 0 Å². The van der Waals surface area contributed by atoms with E-state index in [0.717, 1.165) is 103 Å². The van der Waals surface area contributed by atoms with Crippen molar-refractivity contribution in [2.75, 3.05) is 27.4 Å². The molecule has 0 saturated heterocycles. The molecule has 0 unspecified atom stereocenters. The Morgan fingerprint density at radius 2 is 1.19 bits per heavy atom. The Balaban J connectivity index is 1.92. The average molecular weight is 707 g/mol. The summed E-state index contributed by atoms with van der Waals surface area (Å²) in [5, 5.41) is 35.1. The number of benzene rings is 1. The fourth-order valence-corrected chi connectivity index (χ4v) is 8.36. The van der Waals surface area contributed by atoms with Gasteiger partial charge in [0.05, 0.1) is 31.9 Å². The first-order valence-electron chi connectivity index (χ1n) is 18.6. The van der Waals surface area contributed by atoms with Crippen molar-refractivity contribution in [1.82, 2.24) is 19.9 Å². The number of aromatic nitrogens is 4. The molecule has 5 heterocycles. The van der Waals surface area contributed by atoms with Gasteiger partial charge >= 0.3 is 0 Å². The third kappa shape index (κ3) is 6.25. The van der Waals surface area contributed by atoms with Gasteiger partial charge in [-0.3, -0.25) is 0 Å². The van der Waals surface area contributed by atoms with Crippen molar-refractivity contribution >= 4 is 23.8 Å². The van der Waals surface area contributed by atoms with Crippen LogP contribution in [0.5, 0.6) is 11.5 Å². The maximum Gasteiger partial charge on any atom is 0.130 e. The molecule has 1 aromatic carbocycles. The standard InChI is InChI=1S/C43H54N4O5/c1-9-27-29(11-3)42-41(40-25(22-50)17-26(51-7)18-39(40)52-8)43-30(12-4)28(10-2)36(47-43)20-34-24(6)32(14-16-49)38(45-34)21-37-31(13-15-48)23(5)33(44-37)19-35(27)46-42/h17-21,44-50H,9-16,22H2,1-8H3. The lowest BCUT2D eigenvalue weighted by atomic mass is 9.90. The molecule has 52 heavy (non-hydrogen) atoms. The summed E-state index contributed by atoms with van der Waals surface area (Å²) in [7, 11) is 3.29. The minimum atomic E-state index is -0.206. The van der Waals surface area contributed by atoms with Gasteiger partial charge < -0.3 is 44.7 Å². The van der Waals surface area contributed by atoms with Crippen LogP contribution < -0.4 is 30.9 Å². The Morgan fingerprint density at radius 1 is 0.577 bits per heavy atom. The molecule has 0 saturated carbocycles. The van der Waals surface area contributed by atoms with Crippen molar-refractivity contribution in [3.05, 3.63) is 112 Å². The fraction of sp³-hybridized carbons (Fsp3) is 0.395. The van der Waals surface area contributed by atoms with Crippen molar-refractivity contribution in [1.29, 1.82) is 0 Å². The number of nitrogens with one attached hydrogen (secondary N) is 4. The van der Waals surface area contributed by atoms with Crippen LogP contribution in [-0.2, 0) is 45.1 Å². The molecule has 9 nitrogen and oxygen atoms in total. The highest BCUT2D eigenvalue weighted by molar-refractivity contribution is 5.86. The van der Waals surface area contributed by atoms with Crippen molar-refractivity contribution in [2.45, 2.75) is 86.7 Å².